The molecule has 13 heteroatoms. The van der Waals surface area contributed by atoms with Gasteiger partial charge in [0.15, 0.2) is 6.04 Å². The Balaban J connectivity index is 1.39. The molecule has 3 aromatic carbocycles. The summed E-state index contributed by atoms with van der Waals surface area (Å²) in [6.07, 6.45) is 2.60. The first-order valence-corrected chi connectivity index (χ1v) is 18.2. The Morgan fingerprint density at radius 1 is 0.764 bits per heavy atom. The third-order valence-electron chi connectivity index (χ3n) is 8.85. The number of aliphatic hydroxyl groups is 1. The summed E-state index contributed by atoms with van der Waals surface area (Å²) in [5.41, 5.74) is 4.90. The van der Waals surface area contributed by atoms with Crippen molar-refractivity contribution in [3.05, 3.63) is 121 Å². The van der Waals surface area contributed by atoms with Gasteiger partial charge in [0.25, 0.3) is 0 Å². The first-order chi connectivity index (χ1) is 26.7. The molecule has 55 heavy (non-hydrogen) atoms. The summed E-state index contributed by atoms with van der Waals surface area (Å²) in [7, 11) is 0. The molecule has 3 atom stereocenters. The number of allylic oxidation sites excluding steroid dienone is 2. The minimum Gasteiger partial charge on any atom is -0.461 e. The number of amides is 3. The van der Waals surface area contributed by atoms with E-state index in [1.54, 1.807) is 30.3 Å². The summed E-state index contributed by atoms with van der Waals surface area (Å²) in [5.74, 6) is -3.94. The van der Waals surface area contributed by atoms with Gasteiger partial charge < -0.3 is 40.0 Å². The van der Waals surface area contributed by atoms with E-state index < -0.39 is 54.5 Å². The lowest BCUT2D eigenvalue weighted by Gasteiger charge is -2.23. The molecule has 0 spiro atoms. The number of rotatable bonds is 23. The molecule has 0 saturated carbocycles. The van der Waals surface area contributed by atoms with E-state index in [0.717, 1.165) is 22.3 Å². The number of fused-ring (bicyclic) bond motifs is 3. The molecule has 3 aromatic rings. The van der Waals surface area contributed by atoms with Crippen LogP contribution in [-0.4, -0.2) is 86.6 Å². The normalized spacial score (nSPS) is 13.2. The number of benzene rings is 3. The van der Waals surface area contributed by atoms with Gasteiger partial charge in [0.1, 0.15) is 25.9 Å². The molecule has 1 aliphatic rings. The van der Waals surface area contributed by atoms with E-state index in [-0.39, 0.29) is 64.8 Å². The third-order valence-corrected chi connectivity index (χ3v) is 8.85. The molecule has 0 heterocycles. The summed E-state index contributed by atoms with van der Waals surface area (Å²) in [5, 5.41) is 16.6. The highest BCUT2D eigenvalue weighted by atomic mass is 16.6. The standard InChI is InChI=1S/C42H49N3O10/c1-3-5-20-36(45-42(51)55-27-35-33-18-11-9-16-31(33)32-17-10-12-19-34(32)35)40(49)54-28-37(41(50)53-26-29-14-7-6-8-15-29)44-39(48)30(13-4-2)25-38(47)43-21-23-52-24-22-46/h3-4,6-12,14-19,30,35-37,46H,1-2,5,13,20-28H2,(H,43,47)(H,44,48)(H,45,51). The van der Waals surface area contributed by atoms with Crippen LogP contribution in [0, 0.1) is 5.92 Å². The van der Waals surface area contributed by atoms with Crippen LogP contribution in [0.2, 0.25) is 0 Å². The highest BCUT2D eigenvalue weighted by molar-refractivity contribution is 5.89. The maximum Gasteiger partial charge on any atom is 0.407 e. The summed E-state index contributed by atoms with van der Waals surface area (Å²) in [6, 6.07) is 22.1. The van der Waals surface area contributed by atoms with E-state index in [2.05, 4.69) is 29.1 Å². The SMILES string of the molecule is C=CCCC(NC(=O)OCC1c2ccccc2-c2ccccc21)C(=O)OCC(NC(=O)C(CC=C)CC(=O)NCCOCCO)C(=O)OCc1ccccc1. The molecule has 13 nitrogen and oxygen atoms in total. The Morgan fingerprint density at radius 3 is 2.07 bits per heavy atom. The van der Waals surface area contributed by atoms with E-state index in [1.807, 2.05) is 54.6 Å². The Bertz CT molecular complexity index is 1720. The predicted octanol–water partition coefficient (Wildman–Crippen LogP) is 4.34. The second-order valence-corrected chi connectivity index (χ2v) is 12.8. The zero-order chi connectivity index (χ0) is 39.4. The lowest BCUT2D eigenvalue weighted by Crippen LogP contribution is -2.49. The van der Waals surface area contributed by atoms with Gasteiger partial charge in [-0.1, -0.05) is 91.0 Å². The molecule has 0 fully saturated rings. The lowest BCUT2D eigenvalue weighted by atomic mass is 9.98. The second kappa shape index (κ2) is 22.4. The molecule has 0 aliphatic heterocycles. The molecular weight excluding hydrogens is 706 g/mol. The second-order valence-electron chi connectivity index (χ2n) is 12.8. The van der Waals surface area contributed by atoms with Gasteiger partial charge in [-0.05, 0) is 47.1 Å². The fourth-order valence-corrected chi connectivity index (χ4v) is 6.08. The number of hydrogen-bond donors (Lipinski definition) is 4. The van der Waals surface area contributed by atoms with Crippen molar-refractivity contribution in [1.29, 1.82) is 0 Å². The van der Waals surface area contributed by atoms with Crippen LogP contribution in [0.4, 0.5) is 4.79 Å². The Labute approximate surface area is 321 Å². The van der Waals surface area contributed by atoms with Gasteiger partial charge in [0, 0.05) is 18.9 Å². The van der Waals surface area contributed by atoms with Crippen molar-refractivity contribution in [2.24, 2.45) is 5.92 Å². The maximum absolute atomic E-state index is 13.4. The maximum atomic E-state index is 13.4. The Morgan fingerprint density at radius 2 is 1.42 bits per heavy atom. The summed E-state index contributed by atoms with van der Waals surface area (Å²) < 4.78 is 21.8. The fourth-order valence-electron chi connectivity index (χ4n) is 6.08. The number of alkyl carbamates (subject to hydrolysis) is 1. The lowest BCUT2D eigenvalue weighted by molar-refractivity contribution is -0.156. The van der Waals surface area contributed by atoms with E-state index in [1.165, 1.54) is 6.08 Å². The molecule has 0 radical (unpaired) electrons. The van der Waals surface area contributed by atoms with Crippen LogP contribution in [0.3, 0.4) is 0 Å². The molecular formula is C42H49N3O10. The quantitative estimate of drug-likeness (QED) is 0.0471. The molecule has 292 valence electrons. The van der Waals surface area contributed by atoms with Crippen LogP contribution >= 0.6 is 0 Å². The zero-order valence-corrected chi connectivity index (χ0v) is 30.8. The van der Waals surface area contributed by atoms with Crippen LogP contribution < -0.4 is 16.0 Å². The van der Waals surface area contributed by atoms with Crippen molar-refractivity contribution in [3.8, 4) is 11.1 Å². The smallest absolute Gasteiger partial charge is 0.407 e. The fraction of sp³-hybridized carbons (Fsp3) is 0.357. The molecule has 3 amide bonds. The number of ether oxygens (including phenoxy) is 4. The van der Waals surface area contributed by atoms with Gasteiger partial charge in [-0.2, -0.15) is 0 Å². The molecule has 4 N–H and O–H groups in total. The van der Waals surface area contributed by atoms with Crippen molar-refractivity contribution < 1.29 is 48.0 Å². The van der Waals surface area contributed by atoms with Gasteiger partial charge >= 0.3 is 18.0 Å². The highest BCUT2D eigenvalue weighted by Crippen LogP contribution is 2.44. The number of esters is 2. The molecule has 0 aromatic heterocycles. The Hall–Kier alpha value is -5.79. The van der Waals surface area contributed by atoms with Crippen LogP contribution in [0.15, 0.2) is 104 Å². The van der Waals surface area contributed by atoms with Crippen molar-refractivity contribution in [2.75, 3.05) is 39.6 Å². The average molecular weight is 756 g/mol. The van der Waals surface area contributed by atoms with Gasteiger partial charge in [-0.15, -0.1) is 13.2 Å². The van der Waals surface area contributed by atoms with Crippen LogP contribution in [0.1, 0.15) is 48.3 Å². The van der Waals surface area contributed by atoms with Crippen molar-refractivity contribution in [3.63, 3.8) is 0 Å². The third kappa shape index (κ3) is 12.9. The van der Waals surface area contributed by atoms with Crippen molar-refractivity contribution in [1.82, 2.24) is 16.0 Å². The monoisotopic (exact) mass is 755 g/mol. The summed E-state index contributed by atoms with van der Waals surface area (Å²) >= 11 is 0. The summed E-state index contributed by atoms with van der Waals surface area (Å²) in [4.78, 5) is 65.9. The van der Waals surface area contributed by atoms with E-state index >= 15 is 0 Å². The number of nitrogens with one attached hydrogen (secondary N) is 3. The molecule has 4 rings (SSSR count). The number of carbonyl (C=O) groups is 5. The average Bonchev–Trinajstić information content (AvgIpc) is 3.52. The van der Waals surface area contributed by atoms with Crippen LogP contribution in [0.25, 0.3) is 11.1 Å². The minimum absolute atomic E-state index is 0.0336. The molecule has 0 bridgehead atoms. The number of aliphatic hydroxyl groups excluding tert-OH is 1. The van der Waals surface area contributed by atoms with E-state index in [0.29, 0.717) is 12.0 Å². The van der Waals surface area contributed by atoms with Crippen LogP contribution in [0.5, 0.6) is 0 Å². The first-order valence-electron chi connectivity index (χ1n) is 18.2. The summed E-state index contributed by atoms with van der Waals surface area (Å²) in [6.45, 7) is 7.01. The highest BCUT2D eigenvalue weighted by Gasteiger charge is 2.32. The van der Waals surface area contributed by atoms with Gasteiger partial charge in [-0.3, -0.25) is 9.59 Å². The molecule has 1 aliphatic carbocycles. The Kier molecular flexibility index (Phi) is 17.1. The predicted molar refractivity (Wildman–Crippen MR) is 204 cm³/mol. The van der Waals surface area contributed by atoms with Crippen molar-refractivity contribution >= 4 is 29.8 Å². The number of hydrogen-bond acceptors (Lipinski definition) is 10. The number of carbonyl (C=O) groups excluding carboxylic acids is 5. The van der Waals surface area contributed by atoms with Gasteiger partial charge in [0.2, 0.25) is 11.8 Å². The largest absolute Gasteiger partial charge is 0.461 e. The minimum atomic E-state index is -1.45. The zero-order valence-electron chi connectivity index (χ0n) is 30.8. The van der Waals surface area contributed by atoms with E-state index in [4.69, 9.17) is 24.1 Å². The van der Waals surface area contributed by atoms with Gasteiger partial charge in [0.05, 0.1) is 25.7 Å². The van der Waals surface area contributed by atoms with Crippen LogP contribution in [-0.2, 0) is 44.7 Å². The topological polar surface area (TPSA) is 179 Å². The molecule has 0 saturated heterocycles. The van der Waals surface area contributed by atoms with E-state index in [9.17, 15) is 24.0 Å². The molecule has 3 unspecified atom stereocenters. The first kappa shape index (κ1) is 42.0. The van der Waals surface area contributed by atoms with Crippen molar-refractivity contribution in [2.45, 2.75) is 50.3 Å². The van der Waals surface area contributed by atoms with Gasteiger partial charge in [-0.25, -0.2) is 14.4 Å².